The zero-order chi connectivity index (χ0) is 57.0. The molecule has 4 unspecified atom stereocenters. The van der Waals surface area contributed by atoms with Crippen LogP contribution in [0.5, 0.6) is 23.0 Å². The molecule has 1 aromatic heterocycles. The molecule has 3 N–H and O–H groups in total. The van der Waals surface area contributed by atoms with E-state index in [9.17, 15) is 15.0 Å². The number of benzene rings is 8. The Balaban J connectivity index is 1.58. The quantitative estimate of drug-likeness (QED) is 0.0499. The van der Waals surface area contributed by atoms with Crippen LogP contribution in [0, 0.1) is 17.8 Å². The van der Waals surface area contributed by atoms with E-state index in [0.717, 1.165) is 70.5 Å². The fourth-order valence-electron chi connectivity index (χ4n) is 13.3. The molecule has 0 amide bonds. The standard InChI is InChI=1S/C74H80NO6/c1-9-18-54(46-69(77)78)45-66-65(44-29-53-27-36-60(76)37-28-53)71(57-32-40-62(80-7)41-33-57)72(70(49(2)3)56-30-38-61(79-6)39-31-56)73(67(66)47-58-48-75-68-24-17-16-23-64(58)68)74(51(5)55-21-14-11-15-22-55,59-34-42-63(81-8)43-35-59)50(4)25-26-52-19-12-10-13-20-52/h10-17,19-24,27-28,30-43,48-49,51,54,70,75-76H,9,18,25-26,29,44-47H2,1-8H3,(H,77,78). The number of ether oxygens (including phenoxy) is 3. The molecule has 0 saturated heterocycles. The summed E-state index contributed by atoms with van der Waals surface area (Å²) in [7, 11) is 5.18. The van der Waals surface area contributed by atoms with Crippen LogP contribution in [0.3, 0.4) is 0 Å². The number of aliphatic carboxylic acids is 1. The van der Waals surface area contributed by atoms with Gasteiger partial charge < -0.3 is 29.4 Å². The molecule has 8 aromatic carbocycles. The van der Waals surface area contributed by atoms with E-state index in [-0.39, 0.29) is 35.8 Å². The highest BCUT2D eigenvalue weighted by molar-refractivity contribution is 5.85. The first-order chi connectivity index (χ1) is 39.4. The van der Waals surface area contributed by atoms with Crippen molar-refractivity contribution < 1.29 is 29.2 Å². The van der Waals surface area contributed by atoms with Crippen molar-refractivity contribution in [1.29, 1.82) is 0 Å². The summed E-state index contributed by atoms with van der Waals surface area (Å²) in [5, 5.41) is 22.6. The van der Waals surface area contributed by atoms with Crippen molar-refractivity contribution in [3.8, 4) is 34.1 Å². The predicted octanol–water partition coefficient (Wildman–Crippen LogP) is 17.5. The number of rotatable bonds is 26. The second-order valence-electron chi connectivity index (χ2n) is 22.4. The van der Waals surface area contributed by atoms with Crippen LogP contribution < -0.4 is 14.2 Å². The topological polar surface area (TPSA) is 101 Å². The van der Waals surface area contributed by atoms with Gasteiger partial charge in [-0.25, -0.2) is 0 Å². The third-order valence-electron chi connectivity index (χ3n) is 17.2. The summed E-state index contributed by atoms with van der Waals surface area (Å²) < 4.78 is 17.8. The lowest BCUT2D eigenvalue weighted by Gasteiger charge is -2.50. The highest BCUT2D eigenvalue weighted by atomic mass is 16.5. The van der Waals surface area contributed by atoms with Crippen molar-refractivity contribution in [2.75, 3.05) is 21.3 Å². The van der Waals surface area contributed by atoms with Crippen molar-refractivity contribution in [2.45, 2.75) is 110 Å². The summed E-state index contributed by atoms with van der Waals surface area (Å²) in [5.74, 6) is 2.64. The normalized spacial score (nSPS) is 13.5. The monoisotopic (exact) mass is 1080 g/mol. The van der Waals surface area contributed by atoms with E-state index in [1.807, 2.05) is 12.1 Å². The number of phenolic OH excluding ortho intramolecular Hbond substituents is 1. The predicted molar refractivity (Wildman–Crippen MR) is 331 cm³/mol. The molecule has 7 heteroatoms. The maximum atomic E-state index is 13.3. The van der Waals surface area contributed by atoms with Gasteiger partial charge in [0.15, 0.2) is 0 Å². The number of para-hydroxylation sites is 1. The summed E-state index contributed by atoms with van der Waals surface area (Å²) in [6.07, 6.45) is 7.89. The van der Waals surface area contributed by atoms with Gasteiger partial charge in [-0.05, 0) is 189 Å². The fourth-order valence-corrected chi connectivity index (χ4v) is 13.3. The lowest BCUT2D eigenvalue weighted by Crippen LogP contribution is -2.43. The Labute approximate surface area is 481 Å². The maximum Gasteiger partial charge on any atom is 0.303 e. The van der Waals surface area contributed by atoms with Crippen LogP contribution in [0.1, 0.15) is 133 Å². The number of carbonyl (C=O) groups is 1. The Morgan fingerprint density at radius 3 is 1.80 bits per heavy atom. The Bertz CT molecular complexity index is 3460. The molecule has 9 rings (SSSR count). The SMILES string of the molecule is CCCC(CC(=O)O)Cc1c(CCc2ccc(O)cc2)c(-c2ccc(OC)cc2)c(C(c2ccc(OC)cc2)C(C)C)c(C([C](C)CCc2ccccc2)(c2ccc(OC)cc2)C(C)c2ccccc2)c1Cc1c[nH]c2ccccc12. The molecule has 0 spiro atoms. The summed E-state index contributed by atoms with van der Waals surface area (Å²) in [6, 6.07) is 64.5. The maximum absolute atomic E-state index is 13.3. The van der Waals surface area contributed by atoms with Crippen LogP contribution in [-0.4, -0.2) is 42.5 Å². The molecule has 0 aliphatic rings. The molecule has 0 bridgehead atoms. The van der Waals surface area contributed by atoms with Gasteiger partial charge in [-0.1, -0.05) is 168 Å². The largest absolute Gasteiger partial charge is 0.508 e. The number of aromatic nitrogens is 1. The smallest absolute Gasteiger partial charge is 0.303 e. The average molecular weight is 1080 g/mol. The number of hydrogen-bond acceptors (Lipinski definition) is 5. The van der Waals surface area contributed by atoms with E-state index in [4.69, 9.17) is 14.2 Å². The van der Waals surface area contributed by atoms with Crippen LogP contribution in [0.15, 0.2) is 188 Å². The summed E-state index contributed by atoms with van der Waals surface area (Å²) in [5.41, 5.74) is 15.7. The van der Waals surface area contributed by atoms with Crippen LogP contribution in [-0.2, 0) is 42.3 Å². The number of carboxylic acids is 1. The number of hydrogen-bond donors (Lipinski definition) is 3. The van der Waals surface area contributed by atoms with Crippen LogP contribution in [0.4, 0.5) is 0 Å². The highest BCUT2D eigenvalue weighted by Crippen LogP contribution is 2.60. The molecule has 7 nitrogen and oxygen atoms in total. The van der Waals surface area contributed by atoms with E-state index >= 15 is 0 Å². The lowest BCUT2D eigenvalue weighted by atomic mass is 9.52. The first-order valence-corrected chi connectivity index (χ1v) is 29.0. The summed E-state index contributed by atoms with van der Waals surface area (Å²) in [6.45, 7) is 11.8. The molecule has 417 valence electrons. The van der Waals surface area contributed by atoms with Gasteiger partial charge in [0.1, 0.15) is 23.0 Å². The molecule has 9 aromatic rings. The second kappa shape index (κ2) is 26.5. The Hall–Kier alpha value is -8.03. The molecule has 1 radical (unpaired) electrons. The van der Waals surface area contributed by atoms with Crippen molar-refractivity contribution in [1.82, 2.24) is 4.98 Å². The Morgan fingerprint density at radius 2 is 1.20 bits per heavy atom. The zero-order valence-corrected chi connectivity index (χ0v) is 48.6. The molecule has 4 atom stereocenters. The van der Waals surface area contributed by atoms with E-state index in [1.165, 1.54) is 61.6 Å². The third-order valence-corrected chi connectivity index (χ3v) is 17.2. The second-order valence-corrected chi connectivity index (χ2v) is 22.4. The molecule has 81 heavy (non-hydrogen) atoms. The Kier molecular flexibility index (Phi) is 18.9. The number of aromatic amines is 1. The molecule has 0 aliphatic carbocycles. The molecule has 1 heterocycles. The van der Waals surface area contributed by atoms with Crippen molar-refractivity contribution in [3.63, 3.8) is 0 Å². The van der Waals surface area contributed by atoms with Gasteiger partial charge >= 0.3 is 5.97 Å². The van der Waals surface area contributed by atoms with Gasteiger partial charge in [0.05, 0.1) is 21.3 Å². The molecule has 0 aliphatic heterocycles. The molecule has 0 fully saturated rings. The number of carboxylic acid groups (broad SMARTS) is 1. The van der Waals surface area contributed by atoms with Crippen molar-refractivity contribution >= 4 is 16.9 Å². The summed E-state index contributed by atoms with van der Waals surface area (Å²) in [4.78, 5) is 17.0. The van der Waals surface area contributed by atoms with Gasteiger partial charge in [0, 0.05) is 41.3 Å². The molecular weight excluding hydrogens is 999 g/mol. The van der Waals surface area contributed by atoms with E-state index in [1.54, 1.807) is 33.5 Å². The minimum atomic E-state index is -0.850. The van der Waals surface area contributed by atoms with Gasteiger partial charge in [-0.2, -0.15) is 0 Å². The third kappa shape index (κ3) is 12.6. The van der Waals surface area contributed by atoms with E-state index in [0.29, 0.717) is 25.7 Å². The van der Waals surface area contributed by atoms with Crippen LogP contribution in [0.2, 0.25) is 0 Å². The van der Waals surface area contributed by atoms with E-state index in [2.05, 4.69) is 204 Å². The van der Waals surface area contributed by atoms with Crippen LogP contribution in [0.25, 0.3) is 22.0 Å². The molecular formula is C74H80NO6. The van der Waals surface area contributed by atoms with E-state index < -0.39 is 11.4 Å². The number of fused-ring (bicyclic) bond motifs is 1. The van der Waals surface area contributed by atoms with Gasteiger partial charge in [0.2, 0.25) is 0 Å². The number of H-pyrrole nitrogens is 1. The van der Waals surface area contributed by atoms with Crippen LogP contribution >= 0.6 is 0 Å². The van der Waals surface area contributed by atoms with Gasteiger partial charge in [-0.15, -0.1) is 0 Å². The minimum absolute atomic E-state index is 0.0411. The first kappa shape index (κ1) is 57.6. The summed E-state index contributed by atoms with van der Waals surface area (Å²) >= 11 is 0. The number of aryl methyl sites for hydroxylation is 2. The van der Waals surface area contributed by atoms with Crippen molar-refractivity contribution in [3.05, 3.63) is 255 Å². The number of phenols is 1. The number of methoxy groups -OCH3 is 3. The highest BCUT2D eigenvalue weighted by Gasteiger charge is 2.50. The zero-order valence-electron chi connectivity index (χ0n) is 48.6. The molecule has 0 saturated carbocycles. The first-order valence-electron chi connectivity index (χ1n) is 29.0. The lowest BCUT2D eigenvalue weighted by molar-refractivity contribution is -0.138. The van der Waals surface area contributed by atoms with Gasteiger partial charge in [0.25, 0.3) is 0 Å². The van der Waals surface area contributed by atoms with Crippen molar-refractivity contribution in [2.24, 2.45) is 11.8 Å². The Morgan fingerprint density at radius 1 is 0.617 bits per heavy atom. The fraction of sp³-hybridized carbons (Fsp3) is 0.297. The average Bonchev–Trinajstić information content (AvgIpc) is 3.98. The number of aromatic hydroxyl groups is 1. The minimum Gasteiger partial charge on any atom is -0.508 e. The van der Waals surface area contributed by atoms with Gasteiger partial charge in [-0.3, -0.25) is 4.79 Å². The number of nitrogens with one attached hydrogen (secondary N) is 1.